The van der Waals surface area contributed by atoms with Gasteiger partial charge in [0, 0.05) is 24.3 Å². The Hall–Kier alpha value is -5.26. The van der Waals surface area contributed by atoms with E-state index in [4.69, 9.17) is 0 Å². The number of nitro benzene ring substituents is 2. The molecular weight excluding hydrogens is 448 g/mol. The summed E-state index contributed by atoms with van der Waals surface area (Å²) in [5, 5.41) is 22.0. The zero-order chi connectivity index (χ0) is 24.3. The van der Waals surface area contributed by atoms with Crippen molar-refractivity contribution in [3.63, 3.8) is 0 Å². The van der Waals surface area contributed by atoms with Crippen molar-refractivity contribution in [1.29, 1.82) is 0 Å². The summed E-state index contributed by atoms with van der Waals surface area (Å²) < 4.78 is 0. The van der Waals surface area contributed by atoms with E-state index in [0.717, 1.165) is 34.1 Å². The lowest BCUT2D eigenvalue weighted by atomic mass is 10.1. The van der Waals surface area contributed by atoms with Crippen molar-refractivity contribution in [2.45, 2.75) is 0 Å². The number of benzene rings is 3. The fourth-order valence-corrected chi connectivity index (χ4v) is 3.90. The van der Waals surface area contributed by atoms with Crippen molar-refractivity contribution in [2.24, 2.45) is 0 Å². The Kier molecular flexibility index (Phi) is 4.33. The third kappa shape index (κ3) is 2.86. The number of carbonyl (C=O) groups is 4. The van der Waals surface area contributed by atoms with Gasteiger partial charge in [0.2, 0.25) is 0 Å². The van der Waals surface area contributed by atoms with Crippen LogP contribution in [0.1, 0.15) is 41.4 Å². The molecule has 3 aromatic carbocycles. The van der Waals surface area contributed by atoms with Gasteiger partial charge in [-0.3, -0.25) is 39.4 Å². The molecule has 2 aliphatic rings. The van der Waals surface area contributed by atoms with E-state index in [9.17, 15) is 39.4 Å². The van der Waals surface area contributed by atoms with Gasteiger partial charge in [0.15, 0.2) is 0 Å². The Morgan fingerprint density at radius 2 is 0.824 bits per heavy atom. The molecule has 0 radical (unpaired) electrons. The van der Waals surface area contributed by atoms with Crippen LogP contribution in [0.15, 0.2) is 60.7 Å². The van der Waals surface area contributed by atoms with E-state index in [-0.39, 0.29) is 45.0 Å². The summed E-state index contributed by atoms with van der Waals surface area (Å²) in [6, 6.07) is 12.1. The fourth-order valence-electron chi connectivity index (χ4n) is 3.90. The fraction of sp³-hybridized carbons (Fsp3) is 0. The van der Waals surface area contributed by atoms with E-state index < -0.39 is 33.5 Å². The molecule has 2 heterocycles. The number of amides is 4. The molecule has 0 N–H and O–H groups in total. The third-order valence-corrected chi connectivity index (χ3v) is 5.53. The second kappa shape index (κ2) is 7.13. The number of fused-ring (bicyclic) bond motifs is 2. The van der Waals surface area contributed by atoms with Crippen molar-refractivity contribution in [2.75, 3.05) is 9.80 Å². The molecule has 0 spiro atoms. The lowest BCUT2D eigenvalue weighted by Crippen LogP contribution is -2.30. The first-order chi connectivity index (χ1) is 16.2. The molecule has 0 saturated carbocycles. The highest BCUT2D eigenvalue weighted by atomic mass is 16.6. The van der Waals surface area contributed by atoms with Crippen LogP contribution in [0, 0.1) is 20.2 Å². The number of rotatable bonds is 4. The average Bonchev–Trinajstić information content (AvgIpc) is 3.22. The van der Waals surface area contributed by atoms with Crippen LogP contribution >= 0.6 is 0 Å². The number of hydrogen-bond acceptors (Lipinski definition) is 8. The molecule has 12 nitrogen and oxygen atoms in total. The molecule has 12 heteroatoms. The molecule has 34 heavy (non-hydrogen) atoms. The Morgan fingerprint density at radius 3 is 1.15 bits per heavy atom. The number of non-ortho nitro benzene ring substituents is 2. The van der Waals surface area contributed by atoms with Gasteiger partial charge in [0.1, 0.15) is 0 Å². The molecule has 5 rings (SSSR count). The van der Waals surface area contributed by atoms with E-state index in [1.165, 1.54) is 36.4 Å². The highest BCUT2D eigenvalue weighted by Gasteiger charge is 2.40. The first-order valence-corrected chi connectivity index (χ1v) is 9.63. The van der Waals surface area contributed by atoms with Gasteiger partial charge in [-0.05, 0) is 36.4 Å². The standard InChI is InChI=1S/C22H10N4O8/c27-19-15-7-5-13(25(31)32)9-17(15)21(29)23(19)11-1-2-12(4-3-11)24-20(28)16-8-6-14(26(33)34)10-18(16)22(24)30/h1-10H. The van der Waals surface area contributed by atoms with Gasteiger partial charge in [-0.25, -0.2) is 9.80 Å². The zero-order valence-corrected chi connectivity index (χ0v) is 16.8. The summed E-state index contributed by atoms with van der Waals surface area (Å²) in [6.07, 6.45) is 0. The molecule has 4 amide bonds. The molecule has 0 saturated heterocycles. The Morgan fingerprint density at radius 1 is 0.500 bits per heavy atom. The SMILES string of the molecule is O=C1c2ccc([N+](=O)[O-])cc2C(=O)N1c1ccc(N2C(=O)c3ccc([N+](=O)[O-])cc3C2=O)cc1. The number of carbonyl (C=O) groups excluding carboxylic acids is 4. The van der Waals surface area contributed by atoms with Crippen molar-refractivity contribution < 1.29 is 29.0 Å². The molecule has 166 valence electrons. The lowest BCUT2D eigenvalue weighted by Gasteiger charge is -2.17. The summed E-state index contributed by atoms with van der Waals surface area (Å²) >= 11 is 0. The van der Waals surface area contributed by atoms with Crippen LogP contribution in [0.3, 0.4) is 0 Å². The molecule has 0 atom stereocenters. The van der Waals surface area contributed by atoms with Crippen LogP contribution in [0.25, 0.3) is 0 Å². The first kappa shape index (κ1) is 20.6. The second-order valence-corrected chi connectivity index (χ2v) is 7.38. The van der Waals surface area contributed by atoms with Crippen molar-refractivity contribution in [3.05, 3.63) is 103 Å². The third-order valence-electron chi connectivity index (χ3n) is 5.53. The number of imide groups is 2. The largest absolute Gasteiger partial charge is 0.270 e. The van der Waals surface area contributed by atoms with Crippen molar-refractivity contribution >= 4 is 46.4 Å². The monoisotopic (exact) mass is 458 g/mol. The minimum Gasteiger partial charge on any atom is -0.268 e. The van der Waals surface area contributed by atoms with Gasteiger partial charge < -0.3 is 0 Å². The topological polar surface area (TPSA) is 161 Å². The molecule has 0 aliphatic carbocycles. The first-order valence-electron chi connectivity index (χ1n) is 9.63. The van der Waals surface area contributed by atoms with Crippen molar-refractivity contribution in [3.8, 4) is 0 Å². The minimum atomic E-state index is -0.746. The molecule has 0 unspecified atom stereocenters. The predicted molar refractivity (Wildman–Crippen MR) is 115 cm³/mol. The molecular formula is C22H10N4O8. The Labute approximate surface area is 188 Å². The van der Waals surface area contributed by atoms with Crippen LogP contribution in [0.2, 0.25) is 0 Å². The van der Waals surface area contributed by atoms with Gasteiger partial charge in [-0.1, -0.05) is 0 Å². The van der Waals surface area contributed by atoms with Gasteiger partial charge in [-0.2, -0.15) is 0 Å². The van der Waals surface area contributed by atoms with Gasteiger partial charge in [0.25, 0.3) is 35.0 Å². The summed E-state index contributed by atoms with van der Waals surface area (Å²) in [5.41, 5.74) is -0.584. The van der Waals surface area contributed by atoms with E-state index in [0.29, 0.717) is 0 Å². The summed E-state index contributed by atoms with van der Waals surface area (Å²) in [4.78, 5) is 73.3. The zero-order valence-electron chi connectivity index (χ0n) is 16.8. The van der Waals surface area contributed by atoms with Crippen molar-refractivity contribution in [1.82, 2.24) is 0 Å². The summed E-state index contributed by atoms with van der Waals surface area (Å²) in [7, 11) is 0. The summed E-state index contributed by atoms with van der Waals surface area (Å²) in [5.74, 6) is -2.83. The van der Waals surface area contributed by atoms with Gasteiger partial charge in [0.05, 0.1) is 43.5 Å². The molecule has 0 bridgehead atoms. The van der Waals surface area contributed by atoms with E-state index in [1.54, 1.807) is 0 Å². The number of hydrogen-bond donors (Lipinski definition) is 0. The molecule has 2 aliphatic heterocycles. The van der Waals surface area contributed by atoms with Crippen LogP contribution in [0.4, 0.5) is 22.7 Å². The predicted octanol–water partition coefficient (Wildman–Crippen LogP) is 3.10. The molecule has 0 aromatic heterocycles. The normalized spacial score (nSPS) is 14.5. The van der Waals surface area contributed by atoms with Gasteiger partial charge in [-0.15, -0.1) is 0 Å². The Balaban J connectivity index is 1.45. The maximum Gasteiger partial charge on any atom is 0.270 e. The van der Waals surface area contributed by atoms with Crippen LogP contribution in [-0.4, -0.2) is 33.5 Å². The van der Waals surface area contributed by atoms with Gasteiger partial charge >= 0.3 is 0 Å². The highest BCUT2D eigenvalue weighted by Crippen LogP contribution is 2.34. The smallest absolute Gasteiger partial charge is 0.268 e. The number of nitro groups is 2. The number of anilines is 2. The maximum atomic E-state index is 12.8. The van der Waals surface area contributed by atoms with E-state index >= 15 is 0 Å². The maximum absolute atomic E-state index is 12.8. The second-order valence-electron chi connectivity index (χ2n) is 7.38. The van der Waals surface area contributed by atoms with E-state index in [2.05, 4.69) is 0 Å². The highest BCUT2D eigenvalue weighted by molar-refractivity contribution is 6.36. The number of nitrogens with zero attached hydrogens (tertiary/aromatic N) is 4. The average molecular weight is 458 g/mol. The van der Waals surface area contributed by atoms with E-state index in [1.807, 2.05) is 0 Å². The minimum absolute atomic E-state index is 0.0154. The van der Waals surface area contributed by atoms with Crippen LogP contribution in [-0.2, 0) is 0 Å². The molecule has 0 fully saturated rings. The van der Waals surface area contributed by atoms with Crippen LogP contribution < -0.4 is 9.80 Å². The Bertz CT molecular complexity index is 1380. The quantitative estimate of drug-likeness (QED) is 0.327. The lowest BCUT2D eigenvalue weighted by molar-refractivity contribution is -0.385. The summed E-state index contributed by atoms with van der Waals surface area (Å²) in [6.45, 7) is 0. The van der Waals surface area contributed by atoms with Crippen LogP contribution in [0.5, 0.6) is 0 Å². The molecule has 3 aromatic rings.